The fourth-order valence-corrected chi connectivity index (χ4v) is 8.86. The molecule has 6 fully saturated rings. The molecule has 0 unspecified atom stereocenters. The quantitative estimate of drug-likeness (QED) is 0.278. The highest BCUT2D eigenvalue weighted by Gasteiger charge is 2.69. The third-order valence-electron chi connectivity index (χ3n) is 10.9. The summed E-state index contributed by atoms with van der Waals surface area (Å²) in [7, 11) is -3.43. The molecule has 2 heterocycles. The van der Waals surface area contributed by atoms with Crippen molar-refractivity contribution in [1.82, 2.24) is 15.1 Å². The van der Waals surface area contributed by atoms with Crippen molar-refractivity contribution in [3.8, 4) is 11.1 Å². The van der Waals surface area contributed by atoms with Crippen molar-refractivity contribution in [2.75, 3.05) is 22.4 Å². The largest absolute Gasteiger partial charge is 0.339 e. The zero-order valence-corrected chi connectivity index (χ0v) is 27.3. The van der Waals surface area contributed by atoms with Crippen LogP contribution >= 0.6 is 0 Å². The molecule has 1 N–H and O–H groups in total. The second-order valence-corrected chi connectivity index (χ2v) is 17.4. The number of rotatable bonds is 9. The number of fused-ring (bicyclic) bond motifs is 3. The minimum Gasteiger partial charge on any atom is -0.339 e. The molecule has 3 aromatic rings. The number of sulfonamides is 1. The Hall–Kier alpha value is -3.34. The lowest BCUT2D eigenvalue weighted by molar-refractivity contribution is -0.215. The average Bonchev–Trinajstić information content (AvgIpc) is 3.48. The normalized spacial score (nSPS) is 30.3. The second-order valence-electron chi connectivity index (χ2n) is 15.6. The maximum Gasteiger partial charge on any atom is 0.232 e. The SMILES string of the molecule is CC(C)(C)c1noc(C23CCC(CN(C(=O)CC45CC(F)(C4)C5)c4cccc(-c5ccc(NS(C)(=O)=O)nc5)c4)(CC2)CC3)n1. The van der Waals surface area contributed by atoms with Crippen molar-refractivity contribution in [3.63, 3.8) is 0 Å². The highest BCUT2D eigenvalue weighted by molar-refractivity contribution is 7.92. The van der Waals surface area contributed by atoms with Crippen LogP contribution < -0.4 is 9.62 Å². The predicted molar refractivity (Wildman–Crippen MR) is 170 cm³/mol. The van der Waals surface area contributed by atoms with Crippen molar-refractivity contribution >= 4 is 27.4 Å². The molecule has 0 saturated heterocycles. The summed E-state index contributed by atoms with van der Waals surface area (Å²) in [6, 6.07) is 11.3. The van der Waals surface area contributed by atoms with Crippen molar-refractivity contribution < 1.29 is 22.1 Å². The monoisotopic (exact) mass is 635 g/mol. The number of alkyl halides is 1. The van der Waals surface area contributed by atoms with E-state index in [2.05, 4.69) is 35.6 Å². The number of pyridine rings is 1. The highest BCUT2D eigenvalue weighted by Crippen LogP contribution is 2.71. The van der Waals surface area contributed by atoms with Gasteiger partial charge in [-0.05, 0) is 98.4 Å². The fraction of sp³-hybridized carbons (Fsp3) is 0.588. The molecule has 6 aliphatic rings. The molecule has 0 radical (unpaired) electrons. The van der Waals surface area contributed by atoms with Gasteiger partial charge in [0.25, 0.3) is 0 Å². The Labute approximate surface area is 264 Å². The van der Waals surface area contributed by atoms with E-state index >= 15 is 0 Å². The zero-order chi connectivity index (χ0) is 31.9. The Kier molecular flexibility index (Phi) is 6.79. The fourth-order valence-electron chi connectivity index (χ4n) is 8.36. The van der Waals surface area contributed by atoms with Gasteiger partial charge in [-0.15, -0.1) is 0 Å². The standard InChI is InChI=1S/C34H42FN5O4S/c1-30(2,3)28-37-29(44-38-28)33-13-10-31(11-14-33,12-15-33)22-40(27(41)17-32-19-34(35,20-32)21-32)25-7-5-6-23(16-25)24-8-9-26(36-18-24)39-45(4,42)43/h5-9,16,18H,10-15,17,19-22H2,1-4H3,(H,36,39). The number of carbonyl (C=O) groups is 1. The number of hydrogen-bond acceptors (Lipinski definition) is 7. The molecule has 1 amide bonds. The van der Waals surface area contributed by atoms with Crippen LogP contribution in [0.5, 0.6) is 0 Å². The molecule has 0 atom stereocenters. The van der Waals surface area contributed by atoms with E-state index in [4.69, 9.17) is 9.51 Å². The summed E-state index contributed by atoms with van der Waals surface area (Å²) in [5.74, 6) is 1.81. The van der Waals surface area contributed by atoms with Gasteiger partial charge < -0.3 is 9.42 Å². The smallest absolute Gasteiger partial charge is 0.232 e. The molecule has 45 heavy (non-hydrogen) atoms. The number of carbonyl (C=O) groups excluding carboxylic acids is 1. The Balaban J connectivity index is 1.13. The highest BCUT2D eigenvalue weighted by atomic mass is 32.2. The van der Waals surface area contributed by atoms with E-state index in [1.54, 1.807) is 12.3 Å². The average molecular weight is 636 g/mol. The molecule has 4 bridgehead atoms. The molecule has 6 saturated carbocycles. The summed E-state index contributed by atoms with van der Waals surface area (Å²) >= 11 is 0. The van der Waals surface area contributed by atoms with Crippen LogP contribution in [0.25, 0.3) is 11.1 Å². The predicted octanol–water partition coefficient (Wildman–Crippen LogP) is 6.71. The van der Waals surface area contributed by atoms with Crippen LogP contribution in [0.4, 0.5) is 15.9 Å². The Morgan fingerprint density at radius 2 is 1.69 bits per heavy atom. The third-order valence-corrected chi connectivity index (χ3v) is 11.5. The molecule has 0 aliphatic heterocycles. The van der Waals surface area contributed by atoms with Crippen molar-refractivity contribution in [2.24, 2.45) is 10.8 Å². The number of nitrogens with one attached hydrogen (secondary N) is 1. The molecule has 9 rings (SSSR count). The Morgan fingerprint density at radius 1 is 1.00 bits per heavy atom. The Bertz CT molecular complexity index is 1700. The summed E-state index contributed by atoms with van der Waals surface area (Å²) in [5.41, 5.74) is 0.993. The number of anilines is 2. The molecule has 11 heteroatoms. The first kappa shape index (κ1) is 30.3. The first-order chi connectivity index (χ1) is 21.1. The van der Waals surface area contributed by atoms with Crippen LogP contribution in [0.15, 0.2) is 47.1 Å². The number of nitrogens with zero attached hydrogens (tertiary/aromatic N) is 4. The van der Waals surface area contributed by atoms with Gasteiger partial charge in [0.2, 0.25) is 21.8 Å². The van der Waals surface area contributed by atoms with E-state index < -0.39 is 15.7 Å². The lowest BCUT2D eigenvalue weighted by Gasteiger charge is -2.66. The summed E-state index contributed by atoms with van der Waals surface area (Å²) < 4.78 is 45.9. The van der Waals surface area contributed by atoms with Crippen LogP contribution in [0.2, 0.25) is 0 Å². The molecular formula is C34H42FN5O4S. The molecule has 9 nitrogen and oxygen atoms in total. The lowest BCUT2D eigenvalue weighted by Crippen LogP contribution is -2.65. The number of aromatic nitrogens is 3. The van der Waals surface area contributed by atoms with Gasteiger partial charge in [-0.3, -0.25) is 9.52 Å². The molecule has 2 aromatic heterocycles. The summed E-state index contributed by atoms with van der Waals surface area (Å²) in [6.07, 6.45) is 10.3. The van der Waals surface area contributed by atoms with Gasteiger partial charge in [0.15, 0.2) is 5.82 Å². The second kappa shape index (κ2) is 10.1. The van der Waals surface area contributed by atoms with Gasteiger partial charge in [-0.25, -0.2) is 17.8 Å². The maximum atomic E-state index is 14.4. The van der Waals surface area contributed by atoms with E-state index in [1.165, 1.54) is 0 Å². The minimum atomic E-state index is -3.43. The zero-order valence-electron chi connectivity index (χ0n) is 26.5. The van der Waals surface area contributed by atoms with Gasteiger partial charge in [0.05, 0.1) is 6.26 Å². The van der Waals surface area contributed by atoms with Gasteiger partial charge in [-0.2, -0.15) is 4.98 Å². The maximum absolute atomic E-state index is 14.4. The first-order valence-corrected chi connectivity index (χ1v) is 17.9. The van der Waals surface area contributed by atoms with Crippen LogP contribution in [-0.4, -0.2) is 47.9 Å². The van der Waals surface area contributed by atoms with E-state index in [0.717, 1.165) is 73.3 Å². The summed E-state index contributed by atoms with van der Waals surface area (Å²) in [5, 5.41) is 4.31. The van der Waals surface area contributed by atoms with Crippen LogP contribution in [0.3, 0.4) is 0 Å². The van der Waals surface area contributed by atoms with E-state index in [9.17, 15) is 17.6 Å². The molecule has 0 spiro atoms. The van der Waals surface area contributed by atoms with Gasteiger partial charge in [-0.1, -0.05) is 38.1 Å². The van der Waals surface area contributed by atoms with Crippen molar-refractivity contribution in [1.29, 1.82) is 0 Å². The Morgan fingerprint density at radius 3 is 2.24 bits per heavy atom. The van der Waals surface area contributed by atoms with Crippen LogP contribution in [0.1, 0.15) is 96.7 Å². The van der Waals surface area contributed by atoms with Gasteiger partial charge >= 0.3 is 0 Å². The van der Waals surface area contributed by atoms with Crippen molar-refractivity contribution in [3.05, 3.63) is 54.3 Å². The minimum absolute atomic E-state index is 0.0123. The topological polar surface area (TPSA) is 118 Å². The third kappa shape index (κ3) is 5.66. The first-order valence-electron chi connectivity index (χ1n) is 16.0. The molecule has 240 valence electrons. The number of amides is 1. The van der Waals surface area contributed by atoms with E-state index in [-0.39, 0.29) is 33.4 Å². The summed E-state index contributed by atoms with van der Waals surface area (Å²) in [6.45, 7) is 6.90. The lowest BCUT2D eigenvalue weighted by atomic mass is 9.41. The number of halogens is 1. The number of benzene rings is 1. The van der Waals surface area contributed by atoms with Gasteiger partial charge in [0, 0.05) is 41.2 Å². The molecular weight excluding hydrogens is 593 g/mol. The summed E-state index contributed by atoms with van der Waals surface area (Å²) in [4.78, 5) is 25.2. The number of hydrogen-bond donors (Lipinski definition) is 1. The van der Waals surface area contributed by atoms with Crippen molar-refractivity contribution in [2.45, 2.75) is 101 Å². The van der Waals surface area contributed by atoms with E-state index in [1.807, 2.05) is 35.2 Å². The van der Waals surface area contributed by atoms with Crippen LogP contribution in [-0.2, 0) is 25.6 Å². The van der Waals surface area contributed by atoms with E-state index in [0.29, 0.717) is 32.2 Å². The molecule has 1 aromatic carbocycles. The van der Waals surface area contributed by atoms with Gasteiger partial charge in [0.1, 0.15) is 11.5 Å². The van der Waals surface area contributed by atoms with Crippen LogP contribution in [0, 0.1) is 10.8 Å². The molecule has 6 aliphatic carbocycles.